The first-order valence-corrected chi connectivity index (χ1v) is 16.3. The highest BCUT2D eigenvalue weighted by molar-refractivity contribution is 7.82. The molecule has 10 nitrogen and oxygen atoms in total. The summed E-state index contributed by atoms with van der Waals surface area (Å²) in [6.45, 7) is 4.33. The van der Waals surface area contributed by atoms with Crippen LogP contribution >= 0.6 is 11.6 Å². The molecule has 0 radical (unpaired) electrons. The van der Waals surface area contributed by atoms with Gasteiger partial charge in [-0.1, -0.05) is 35.9 Å². The van der Waals surface area contributed by atoms with Crippen LogP contribution in [0.25, 0.3) is 0 Å². The van der Waals surface area contributed by atoms with E-state index in [1.54, 1.807) is 11.1 Å². The van der Waals surface area contributed by atoms with Crippen molar-refractivity contribution in [3.8, 4) is 0 Å². The van der Waals surface area contributed by atoms with Crippen LogP contribution in [0.3, 0.4) is 0 Å². The lowest BCUT2D eigenvalue weighted by Crippen LogP contribution is -2.44. The Labute approximate surface area is 265 Å². The van der Waals surface area contributed by atoms with Crippen molar-refractivity contribution in [3.05, 3.63) is 76.0 Å². The van der Waals surface area contributed by atoms with E-state index in [4.69, 9.17) is 17.3 Å². The summed E-state index contributed by atoms with van der Waals surface area (Å²) in [6.07, 6.45) is 7.95. The topological polar surface area (TPSA) is 129 Å². The van der Waals surface area contributed by atoms with Gasteiger partial charge in [-0.05, 0) is 54.2 Å². The number of aldehydes is 2. The van der Waals surface area contributed by atoms with Crippen LogP contribution in [0.5, 0.6) is 0 Å². The molecule has 0 spiro atoms. The van der Waals surface area contributed by atoms with Gasteiger partial charge in [0.2, 0.25) is 0 Å². The number of likely N-dealkylation sites (tertiary alicyclic amines) is 1. The molecule has 0 aromatic heterocycles. The quantitative estimate of drug-likeness (QED) is 0.204. The molecule has 3 aliphatic heterocycles. The zero-order chi connectivity index (χ0) is 31.1. The second kappa shape index (κ2) is 15.0. The Kier molecular flexibility index (Phi) is 10.9. The highest BCUT2D eigenvalue weighted by atomic mass is 35.5. The van der Waals surface area contributed by atoms with Gasteiger partial charge >= 0.3 is 0 Å². The van der Waals surface area contributed by atoms with Gasteiger partial charge in [0.15, 0.2) is 0 Å². The van der Waals surface area contributed by atoms with Gasteiger partial charge < -0.3 is 20.2 Å². The monoisotopic (exact) mass is 636 g/mol. The lowest BCUT2D eigenvalue weighted by molar-refractivity contribution is -0.112. The predicted molar refractivity (Wildman–Crippen MR) is 172 cm³/mol. The second-order valence-electron chi connectivity index (χ2n) is 11.3. The normalized spacial score (nSPS) is 20.2. The molecule has 2 fully saturated rings. The van der Waals surface area contributed by atoms with Crippen LogP contribution in [0.4, 0.5) is 0 Å². The zero-order valence-corrected chi connectivity index (χ0v) is 26.0. The standard InChI is InChI=1S/C32H37ClN6O4S/c33-27(15-35-22-34)16-36-28-8-10-38(11-9-28)44(43)30-5-1-3-23(13-30)17-37-18-26(19-37)24-6-7-31-25(14-24)20-39(32(31)42)29(21-41)4-2-12-40/h1,3,5-7,12-16,21-22,26,28-29H,2,4,8-11,17-20H2,(H2,34,35)/b27-15+,36-16?. The van der Waals surface area contributed by atoms with Gasteiger partial charge in [0.05, 0.1) is 28.3 Å². The van der Waals surface area contributed by atoms with E-state index in [0.29, 0.717) is 42.6 Å². The maximum atomic E-state index is 13.4. The van der Waals surface area contributed by atoms with Gasteiger partial charge in [-0.15, -0.1) is 0 Å². The Balaban J connectivity index is 1.11. The smallest absolute Gasteiger partial charge is 0.255 e. The minimum Gasteiger partial charge on any atom is -0.390 e. The summed E-state index contributed by atoms with van der Waals surface area (Å²) in [4.78, 5) is 48.3. The summed E-state index contributed by atoms with van der Waals surface area (Å²) >= 11 is 6.05. The van der Waals surface area contributed by atoms with Gasteiger partial charge in [0.25, 0.3) is 5.91 Å². The van der Waals surface area contributed by atoms with Crippen molar-refractivity contribution in [2.24, 2.45) is 15.7 Å². The number of fused-ring (bicyclic) bond motifs is 1. The fourth-order valence-corrected chi connectivity index (χ4v) is 7.37. The molecular weight excluding hydrogens is 600 g/mol. The van der Waals surface area contributed by atoms with E-state index in [1.807, 2.05) is 34.6 Å². The van der Waals surface area contributed by atoms with E-state index >= 15 is 0 Å². The molecule has 3 aliphatic rings. The number of amides is 1. The van der Waals surface area contributed by atoms with Crippen molar-refractivity contribution in [1.82, 2.24) is 14.1 Å². The molecule has 2 atom stereocenters. The summed E-state index contributed by atoms with van der Waals surface area (Å²) < 4.78 is 15.4. The molecule has 0 bridgehead atoms. The van der Waals surface area contributed by atoms with Gasteiger partial charge in [0, 0.05) is 69.6 Å². The number of aliphatic imine (C=N–C) groups is 2. The largest absolute Gasteiger partial charge is 0.390 e. The van der Waals surface area contributed by atoms with Crippen molar-refractivity contribution in [2.75, 3.05) is 26.2 Å². The summed E-state index contributed by atoms with van der Waals surface area (Å²) in [5, 5.41) is 0.413. The summed E-state index contributed by atoms with van der Waals surface area (Å²) in [7, 11) is -1.24. The third kappa shape index (κ3) is 7.58. The SMILES string of the molecule is NC=N/C=C(/Cl)C=NC1CCN(S(=O)c2cccc(CN3CC(c4ccc5c(c4)CN(C(C=O)CCC=O)C5=O)C3)c2)CC1. The van der Waals surface area contributed by atoms with Crippen LogP contribution in [-0.2, 0) is 33.7 Å². The molecule has 2 aromatic rings. The first-order chi connectivity index (χ1) is 21.4. The number of rotatable bonds is 13. The summed E-state index contributed by atoms with van der Waals surface area (Å²) in [6, 6.07) is 13.5. The molecule has 232 valence electrons. The second-order valence-corrected chi connectivity index (χ2v) is 13.3. The predicted octanol–water partition coefficient (Wildman–Crippen LogP) is 3.41. The molecule has 2 N–H and O–H groups in total. The number of carbonyl (C=O) groups excluding carboxylic acids is 3. The van der Waals surface area contributed by atoms with E-state index < -0.39 is 17.0 Å². The van der Waals surface area contributed by atoms with Crippen LogP contribution in [0.2, 0.25) is 0 Å². The molecule has 0 saturated carbocycles. The fourth-order valence-electron chi connectivity index (χ4n) is 5.97. The highest BCUT2D eigenvalue weighted by Gasteiger charge is 2.34. The maximum absolute atomic E-state index is 13.4. The molecule has 2 unspecified atom stereocenters. The van der Waals surface area contributed by atoms with Crippen molar-refractivity contribution >= 4 is 53.6 Å². The molecular formula is C32H37ClN6O4S. The maximum Gasteiger partial charge on any atom is 0.255 e. The van der Waals surface area contributed by atoms with E-state index in [1.165, 1.54) is 18.1 Å². The lowest BCUT2D eigenvalue weighted by Gasteiger charge is -2.40. The summed E-state index contributed by atoms with van der Waals surface area (Å²) in [5.74, 6) is 0.216. The molecule has 3 heterocycles. The summed E-state index contributed by atoms with van der Waals surface area (Å²) in [5.41, 5.74) is 9.11. The molecule has 1 amide bonds. The first kappa shape index (κ1) is 31.9. The number of benzene rings is 2. The number of allylic oxidation sites excluding steroid dienone is 1. The number of nitrogens with zero attached hydrogens (tertiary/aromatic N) is 5. The zero-order valence-electron chi connectivity index (χ0n) is 24.5. The molecule has 44 heavy (non-hydrogen) atoms. The van der Waals surface area contributed by atoms with Crippen LogP contribution in [0.15, 0.2) is 68.6 Å². The number of hydrogen-bond acceptors (Lipinski definition) is 7. The Hall–Kier alpha value is -3.51. The van der Waals surface area contributed by atoms with Crippen molar-refractivity contribution in [3.63, 3.8) is 0 Å². The third-order valence-electron chi connectivity index (χ3n) is 8.38. The van der Waals surface area contributed by atoms with E-state index in [2.05, 4.69) is 27.0 Å². The molecule has 2 aromatic carbocycles. The highest BCUT2D eigenvalue weighted by Crippen LogP contribution is 2.33. The first-order valence-electron chi connectivity index (χ1n) is 14.8. The lowest BCUT2D eigenvalue weighted by atomic mass is 9.89. The van der Waals surface area contributed by atoms with Crippen LogP contribution in [-0.4, -0.2) is 87.6 Å². The fraction of sp³-hybridized carbons (Fsp3) is 0.406. The van der Waals surface area contributed by atoms with Crippen LogP contribution < -0.4 is 5.73 Å². The van der Waals surface area contributed by atoms with Crippen LogP contribution in [0, 0.1) is 0 Å². The van der Waals surface area contributed by atoms with E-state index in [0.717, 1.165) is 61.1 Å². The molecule has 12 heteroatoms. The van der Waals surface area contributed by atoms with Gasteiger partial charge in [-0.3, -0.25) is 14.7 Å². The third-order valence-corrected chi connectivity index (χ3v) is 10.1. The minimum atomic E-state index is -1.24. The number of carbonyl (C=O) groups is 3. The van der Waals surface area contributed by atoms with Gasteiger partial charge in [-0.25, -0.2) is 13.5 Å². The number of piperidine rings is 1. The van der Waals surface area contributed by atoms with Crippen LogP contribution in [0.1, 0.15) is 58.6 Å². The Morgan fingerprint density at radius 2 is 1.93 bits per heavy atom. The minimum absolute atomic E-state index is 0.129. The molecule has 0 aliphatic carbocycles. The van der Waals surface area contributed by atoms with E-state index in [-0.39, 0.29) is 18.4 Å². The van der Waals surface area contributed by atoms with Crippen molar-refractivity contribution in [1.29, 1.82) is 0 Å². The van der Waals surface area contributed by atoms with Gasteiger partial charge in [-0.2, -0.15) is 0 Å². The average Bonchev–Trinajstić information content (AvgIpc) is 3.36. The Morgan fingerprint density at radius 3 is 2.66 bits per heavy atom. The van der Waals surface area contributed by atoms with Crippen molar-refractivity contribution in [2.45, 2.75) is 61.7 Å². The Bertz CT molecular complexity index is 1480. The number of halogens is 1. The average molecular weight is 637 g/mol. The number of hydrogen-bond donors (Lipinski definition) is 1. The van der Waals surface area contributed by atoms with Crippen molar-refractivity contribution < 1.29 is 18.6 Å². The number of nitrogens with two attached hydrogens (primary N) is 1. The molecule has 2 saturated heterocycles. The Morgan fingerprint density at radius 1 is 1.14 bits per heavy atom. The van der Waals surface area contributed by atoms with E-state index in [9.17, 15) is 18.6 Å². The molecule has 5 rings (SSSR count). The van der Waals surface area contributed by atoms with Gasteiger partial charge in [0.1, 0.15) is 23.6 Å².